The van der Waals surface area contributed by atoms with E-state index < -0.39 is 0 Å². The Bertz CT molecular complexity index is 423. The van der Waals surface area contributed by atoms with Gasteiger partial charge in [0.15, 0.2) is 0 Å². The Hall–Kier alpha value is -1.63. The number of amides is 3. The highest BCUT2D eigenvalue weighted by atomic mass is 32.1. The molecule has 0 saturated heterocycles. The van der Waals surface area contributed by atoms with Crippen LogP contribution in [0.3, 0.4) is 0 Å². The molecule has 0 aliphatic heterocycles. The molecule has 0 atom stereocenters. The fraction of sp³-hybridized carbons (Fsp3) is 0.545. The number of nitrogens with zero attached hydrogens (tertiary/aromatic N) is 2. The first-order chi connectivity index (χ1) is 8.40. The summed E-state index contributed by atoms with van der Waals surface area (Å²) in [4.78, 5) is 29.5. The van der Waals surface area contributed by atoms with E-state index in [1.54, 1.807) is 25.4 Å². The van der Waals surface area contributed by atoms with Gasteiger partial charge < -0.3 is 15.5 Å². The molecule has 100 valence electrons. The molecule has 1 rings (SSSR count). The number of carbonyl (C=O) groups excluding carboxylic acids is 2. The predicted octanol–water partition coefficient (Wildman–Crippen LogP) is 0.647. The highest BCUT2D eigenvalue weighted by molar-refractivity contribution is 7.11. The standard InChI is InChI=1S/C11H18N4O2S/c1-7-8(2)18-10(14-7)6-12-9(16)5-13-11(17)15(3)4/h5-6H2,1-4H3,(H,12,16)(H,13,17). The van der Waals surface area contributed by atoms with Gasteiger partial charge in [-0.25, -0.2) is 9.78 Å². The normalized spacial score (nSPS) is 10.0. The molecule has 0 aliphatic rings. The summed E-state index contributed by atoms with van der Waals surface area (Å²) in [5.41, 5.74) is 0.991. The van der Waals surface area contributed by atoms with Crippen LogP contribution in [0, 0.1) is 13.8 Å². The molecule has 0 bridgehead atoms. The molecule has 0 aromatic carbocycles. The summed E-state index contributed by atoms with van der Waals surface area (Å²) >= 11 is 1.56. The zero-order valence-corrected chi connectivity index (χ0v) is 11.8. The molecule has 0 spiro atoms. The fourth-order valence-electron chi connectivity index (χ4n) is 1.17. The van der Waals surface area contributed by atoms with Crippen molar-refractivity contribution in [1.29, 1.82) is 0 Å². The number of thiazole rings is 1. The Balaban J connectivity index is 2.31. The van der Waals surface area contributed by atoms with Gasteiger partial charge in [-0.2, -0.15) is 0 Å². The SMILES string of the molecule is Cc1nc(CNC(=O)CNC(=O)N(C)C)sc1C. The van der Waals surface area contributed by atoms with Crippen molar-refractivity contribution < 1.29 is 9.59 Å². The molecule has 0 fully saturated rings. The summed E-state index contributed by atoms with van der Waals surface area (Å²) < 4.78 is 0. The molecule has 1 aromatic rings. The zero-order chi connectivity index (χ0) is 13.7. The average molecular weight is 270 g/mol. The number of hydrogen-bond donors (Lipinski definition) is 2. The average Bonchev–Trinajstić information content (AvgIpc) is 2.63. The third-order valence-corrected chi connectivity index (χ3v) is 3.39. The lowest BCUT2D eigenvalue weighted by Crippen LogP contribution is -2.41. The number of hydrogen-bond acceptors (Lipinski definition) is 4. The third kappa shape index (κ3) is 4.33. The molecular formula is C11H18N4O2S. The molecule has 6 nitrogen and oxygen atoms in total. The van der Waals surface area contributed by atoms with Crippen molar-refractivity contribution >= 4 is 23.3 Å². The second-order valence-corrected chi connectivity index (χ2v) is 5.37. The minimum absolute atomic E-state index is 0.0274. The first kappa shape index (κ1) is 14.4. The molecule has 18 heavy (non-hydrogen) atoms. The second-order valence-electron chi connectivity index (χ2n) is 4.08. The number of carbonyl (C=O) groups is 2. The first-order valence-corrected chi connectivity index (χ1v) is 6.36. The smallest absolute Gasteiger partial charge is 0.317 e. The maximum absolute atomic E-state index is 11.5. The quantitative estimate of drug-likeness (QED) is 0.843. The van der Waals surface area contributed by atoms with Crippen LogP contribution in [0.5, 0.6) is 0 Å². The lowest BCUT2D eigenvalue weighted by atomic mass is 10.4. The minimum atomic E-state index is -0.286. The summed E-state index contributed by atoms with van der Waals surface area (Å²) in [5.74, 6) is -0.226. The van der Waals surface area contributed by atoms with Gasteiger partial charge in [-0.3, -0.25) is 4.79 Å². The van der Waals surface area contributed by atoms with E-state index >= 15 is 0 Å². The van der Waals surface area contributed by atoms with Crippen LogP contribution < -0.4 is 10.6 Å². The summed E-state index contributed by atoms with van der Waals surface area (Å²) in [6, 6.07) is -0.286. The number of aryl methyl sites for hydroxylation is 2. The largest absolute Gasteiger partial charge is 0.348 e. The van der Waals surface area contributed by atoms with E-state index in [1.165, 1.54) is 4.90 Å². The van der Waals surface area contributed by atoms with Crippen LogP contribution in [0.25, 0.3) is 0 Å². The van der Waals surface area contributed by atoms with Gasteiger partial charge in [0, 0.05) is 19.0 Å². The van der Waals surface area contributed by atoms with E-state index in [9.17, 15) is 9.59 Å². The topological polar surface area (TPSA) is 74.3 Å². The van der Waals surface area contributed by atoms with Crippen molar-refractivity contribution in [2.75, 3.05) is 20.6 Å². The Kier molecular flexibility index (Phi) is 5.08. The molecule has 1 aromatic heterocycles. The maximum Gasteiger partial charge on any atom is 0.317 e. The van der Waals surface area contributed by atoms with Gasteiger partial charge in [0.1, 0.15) is 5.01 Å². The minimum Gasteiger partial charge on any atom is -0.348 e. The van der Waals surface area contributed by atoms with Gasteiger partial charge in [-0.1, -0.05) is 0 Å². The van der Waals surface area contributed by atoms with Gasteiger partial charge in [0.2, 0.25) is 5.91 Å². The lowest BCUT2D eigenvalue weighted by Gasteiger charge is -2.11. The van der Waals surface area contributed by atoms with Crippen molar-refractivity contribution in [3.63, 3.8) is 0 Å². The lowest BCUT2D eigenvalue weighted by molar-refractivity contribution is -0.120. The number of urea groups is 1. The molecule has 0 saturated carbocycles. The van der Waals surface area contributed by atoms with Crippen LogP contribution in [0.2, 0.25) is 0 Å². The first-order valence-electron chi connectivity index (χ1n) is 5.55. The molecule has 0 aliphatic carbocycles. The van der Waals surface area contributed by atoms with Crippen LogP contribution in [0.15, 0.2) is 0 Å². The number of aromatic nitrogens is 1. The Morgan fingerprint density at radius 1 is 1.28 bits per heavy atom. The highest BCUT2D eigenvalue weighted by Gasteiger charge is 2.08. The predicted molar refractivity (Wildman–Crippen MR) is 70.5 cm³/mol. The maximum atomic E-state index is 11.5. The van der Waals surface area contributed by atoms with Crippen molar-refractivity contribution in [2.45, 2.75) is 20.4 Å². The summed E-state index contributed by atoms with van der Waals surface area (Å²) in [6.45, 7) is 4.31. The van der Waals surface area contributed by atoms with Crippen LogP contribution in [0.1, 0.15) is 15.6 Å². The number of rotatable bonds is 4. The molecule has 3 amide bonds. The van der Waals surface area contributed by atoms with Crippen LogP contribution >= 0.6 is 11.3 Å². The van der Waals surface area contributed by atoms with Crippen molar-refractivity contribution in [3.05, 3.63) is 15.6 Å². The molecule has 7 heteroatoms. The van der Waals surface area contributed by atoms with Crippen molar-refractivity contribution in [1.82, 2.24) is 20.5 Å². The highest BCUT2D eigenvalue weighted by Crippen LogP contribution is 2.15. The molecule has 0 unspecified atom stereocenters. The molecular weight excluding hydrogens is 252 g/mol. The monoisotopic (exact) mass is 270 g/mol. The Morgan fingerprint density at radius 2 is 1.94 bits per heavy atom. The van der Waals surface area contributed by atoms with Gasteiger partial charge >= 0.3 is 6.03 Å². The van der Waals surface area contributed by atoms with Crippen LogP contribution in [0.4, 0.5) is 4.79 Å². The van der Waals surface area contributed by atoms with E-state index in [4.69, 9.17) is 0 Å². The summed E-state index contributed by atoms with van der Waals surface area (Å²) in [5, 5.41) is 6.07. The van der Waals surface area contributed by atoms with Crippen LogP contribution in [-0.4, -0.2) is 42.5 Å². The van der Waals surface area contributed by atoms with E-state index in [-0.39, 0.29) is 18.5 Å². The third-order valence-electron chi connectivity index (χ3n) is 2.32. The van der Waals surface area contributed by atoms with Crippen molar-refractivity contribution in [2.24, 2.45) is 0 Å². The second kappa shape index (κ2) is 6.34. The fourth-order valence-corrected chi connectivity index (χ4v) is 2.04. The molecule has 2 N–H and O–H groups in total. The molecule has 0 radical (unpaired) electrons. The molecule has 1 heterocycles. The number of nitrogens with one attached hydrogen (secondary N) is 2. The summed E-state index contributed by atoms with van der Waals surface area (Å²) in [6.07, 6.45) is 0. The van der Waals surface area contributed by atoms with E-state index in [1.807, 2.05) is 13.8 Å². The Morgan fingerprint density at radius 3 is 2.44 bits per heavy atom. The van der Waals surface area contributed by atoms with Gasteiger partial charge in [-0.15, -0.1) is 11.3 Å². The Labute approximate surface area is 110 Å². The van der Waals surface area contributed by atoms with Crippen LogP contribution in [-0.2, 0) is 11.3 Å². The van der Waals surface area contributed by atoms with Gasteiger partial charge in [0.05, 0.1) is 18.8 Å². The van der Waals surface area contributed by atoms with Crippen molar-refractivity contribution in [3.8, 4) is 0 Å². The van der Waals surface area contributed by atoms with E-state index in [0.29, 0.717) is 6.54 Å². The van der Waals surface area contributed by atoms with E-state index in [0.717, 1.165) is 15.6 Å². The summed E-state index contributed by atoms with van der Waals surface area (Å²) in [7, 11) is 3.24. The van der Waals surface area contributed by atoms with Gasteiger partial charge in [-0.05, 0) is 13.8 Å². The zero-order valence-electron chi connectivity index (χ0n) is 11.0. The van der Waals surface area contributed by atoms with E-state index in [2.05, 4.69) is 15.6 Å². The van der Waals surface area contributed by atoms with Gasteiger partial charge in [0.25, 0.3) is 0 Å².